The molecular formula is C10H13O4S-. The zero-order valence-corrected chi connectivity index (χ0v) is 9.45. The van der Waals surface area contributed by atoms with E-state index in [9.17, 15) is 13.0 Å². The first-order valence-electron chi connectivity index (χ1n) is 4.67. The summed E-state index contributed by atoms with van der Waals surface area (Å²) in [7, 11) is -4.67. The lowest BCUT2D eigenvalue weighted by molar-refractivity contribution is 0.372. The van der Waals surface area contributed by atoms with Gasteiger partial charge in [-0.05, 0) is 30.0 Å². The van der Waals surface area contributed by atoms with Crippen molar-refractivity contribution in [2.45, 2.75) is 26.2 Å². The molecule has 1 aromatic carbocycles. The molecule has 1 atom stereocenters. The van der Waals surface area contributed by atoms with Gasteiger partial charge in [0.05, 0.1) is 0 Å². The van der Waals surface area contributed by atoms with E-state index in [1.165, 1.54) is 12.1 Å². The molecule has 0 aromatic heterocycles. The van der Waals surface area contributed by atoms with Gasteiger partial charge in [-0.15, -0.1) is 0 Å². The van der Waals surface area contributed by atoms with Crippen molar-refractivity contribution in [3.8, 4) is 5.75 Å². The second-order valence-corrected chi connectivity index (χ2v) is 4.35. The maximum Gasteiger partial charge on any atom is 0.262 e. The van der Waals surface area contributed by atoms with Gasteiger partial charge >= 0.3 is 0 Å². The summed E-state index contributed by atoms with van der Waals surface area (Å²) in [4.78, 5) is 0. The number of rotatable bonds is 4. The lowest BCUT2D eigenvalue weighted by Gasteiger charge is -2.11. The fraction of sp³-hybridized carbons (Fsp3) is 0.400. The summed E-state index contributed by atoms with van der Waals surface area (Å²) in [6.45, 7) is 4.14. The Labute approximate surface area is 89.8 Å². The Kier molecular flexibility index (Phi) is 3.71. The first kappa shape index (κ1) is 12.0. The molecule has 0 saturated heterocycles. The van der Waals surface area contributed by atoms with E-state index in [1.54, 1.807) is 12.1 Å². The molecule has 0 saturated carbocycles. The van der Waals surface area contributed by atoms with E-state index < -0.39 is 10.4 Å². The molecule has 1 aromatic rings. The van der Waals surface area contributed by atoms with Crippen LogP contribution in [0.2, 0.25) is 0 Å². The SMILES string of the molecule is CCC(C)c1ccc(OS(=O)(=O)[O-])cc1. The fourth-order valence-electron chi connectivity index (χ4n) is 1.21. The van der Waals surface area contributed by atoms with Crippen LogP contribution in [0.25, 0.3) is 0 Å². The van der Waals surface area contributed by atoms with Crippen LogP contribution >= 0.6 is 0 Å². The molecule has 0 spiro atoms. The van der Waals surface area contributed by atoms with Crippen LogP contribution in [0.5, 0.6) is 5.75 Å². The topological polar surface area (TPSA) is 66.4 Å². The van der Waals surface area contributed by atoms with Crippen LogP contribution in [0.15, 0.2) is 24.3 Å². The van der Waals surface area contributed by atoms with E-state index in [1.807, 2.05) is 0 Å². The molecule has 0 aliphatic heterocycles. The minimum absolute atomic E-state index is 0.0528. The monoisotopic (exact) mass is 229 g/mol. The predicted octanol–water partition coefficient (Wildman–Crippen LogP) is 2.04. The van der Waals surface area contributed by atoms with Gasteiger partial charge in [-0.3, -0.25) is 0 Å². The first-order valence-corrected chi connectivity index (χ1v) is 6.01. The van der Waals surface area contributed by atoms with Crippen molar-refractivity contribution in [1.29, 1.82) is 0 Å². The van der Waals surface area contributed by atoms with Gasteiger partial charge in [0, 0.05) is 0 Å². The number of hydrogen-bond acceptors (Lipinski definition) is 4. The Balaban J connectivity index is 2.81. The molecule has 0 fully saturated rings. The molecule has 0 aliphatic carbocycles. The van der Waals surface area contributed by atoms with Crippen molar-refractivity contribution < 1.29 is 17.2 Å². The Morgan fingerprint density at radius 2 is 1.87 bits per heavy atom. The summed E-state index contributed by atoms with van der Waals surface area (Å²) in [5.41, 5.74) is 1.09. The summed E-state index contributed by atoms with van der Waals surface area (Å²) in [6.07, 6.45) is 1.00. The van der Waals surface area contributed by atoms with E-state index in [4.69, 9.17) is 0 Å². The van der Waals surface area contributed by atoms with Crippen molar-refractivity contribution in [3.05, 3.63) is 29.8 Å². The maximum atomic E-state index is 10.3. The molecule has 15 heavy (non-hydrogen) atoms. The van der Waals surface area contributed by atoms with Gasteiger partial charge in [-0.2, -0.15) is 0 Å². The molecular weight excluding hydrogens is 216 g/mol. The smallest absolute Gasteiger partial charge is 0.262 e. The van der Waals surface area contributed by atoms with E-state index in [-0.39, 0.29) is 5.75 Å². The van der Waals surface area contributed by atoms with Gasteiger partial charge in [-0.1, -0.05) is 26.0 Å². The van der Waals surface area contributed by atoms with Crippen LogP contribution in [0, 0.1) is 0 Å². The van der Waals surface area contributed by atoms with E-state index in [0.29, 0.717) is 5.92 Å². The highest BCUT2D eigenvalue weighted by Gasteiger charge is 2.03. The van der Waals surface area contributed by atoms with E-state index in [0.717, 1.165) is 12.0 Å². The second kappa shape index (κ2) is 4.63. The molecule has 0 heterocycles. The third kappa shape index (κ3) is 3.89. The number of benzene rings is 1. The molecule has 0 aliphatic rings. The van der Waals surface area contributed by atoms with Crippen LogP contribution in [0.1, 0.15) is 31.7 Å². The minimum atomic E-state index is -4.67. The Morgan fingerprint density at radius 1 is 1.33 bits per heavy atom. The molecule has 0 amide bonds. The zero-order chi connectivity index (χ0) is 11.5. The highest BCUT2D eigenvalue weighted by molar-refractivity contribution is 7.81. The normalized spacial score (nSPS) is 13.5. The maximum absolute atomic E-state index is 10.3. The standard InChI is InChI=1S/C10H14O4S/c1-3-8(2)9-4-6-10(7-5-9)14-15(11,12)13/h4-8H,3H2,1-2H3,(H,11,12,13)/p-1. The van der Waals surface area contributed by atoms with E-state index in [2.05, 4.69) is 18.0 Å². The van der Waals surface area contributed by atoms with Gasteiger partial charge in [-0.25, -0.2) is 8.42 Å². The zero-order valence-electron chi connectivity index (χ0n) is 8.64. The van der Waals surface area contributed by atoms with Crippen molar-refractivity contribution >= 4 is 10.4 Å². The van der Waals surface area contributed by atoms with Crippen LogP contribution in [0.3, 0.4) is 0 Å². The van der Waals surface area contributed by atoms with Crippen molar-refractivity contribution in [1.82, 2.24) is 0 Å². The number of hydrogen-bond donors (Lipinski definition) is 0. The molecule has 5 heteroatoms. The second-order valence-electron chi connectivity index (χ2n) is 3.37. The Morgan fingerprint density at radius 3 is 2.27 bits per heavy atom. The summed E-state index contributed by atoms with van der Waals surface area (Å²) in [6, 6.07) is 6.48. The molecule has 1 unspecified atom stereocenters. The molecule has 0 N–H and O–H groups in total. The van der Waals surface area contributed by atoms with Crippen molar-refractivity contribution in [2.24, 2.45) is 0 Å². The molecule has 1 rings (SSSR count). The van der Waals surface area contributed by atoms with Crippen LogP contribution in [0.4, 0.5) is 0 Å². The Bertz CT molecular complexity index is 408. The summed E-state index contributed by atoms with van der Waals surface area (Å²) in [5, 5.41) is 0. The predicted molar refractivity (Wildman–Crippen MR) is 55.5 cm³/mol. The fourth-order valence-corrected chi connectivity index (χ4v) is 1.55. The first-order chi connectivity index (χ1) is 6.92. The van der Waals surface area contributed by atoms with Gasteiger partial charge in [0.25, 0.3) is 10.4 Å². The molecule has 4 nitrogen and oxygen atoms in total. The lowest BCUT2D eigenvalue weighted by Crippen LogP contribution is -2.07. The lowest BCUT2D eigenvalue weighted by atomic mass is 9.99. The molecule has 84 valence electrons. The molecule has 0 bridgehead atoms. The summed E-state index contributed by atoms with van der Waals surface area (Å²) in [5.74, 6) is 0.458. The average Bonchev–Trinajstić information content (AvgIpc) is 2.15. The quantitative estimate of drug-likeness (QED) is 0.585. The van der Waals surface area contributed by atoms with Crippen LogP contribution in [-0.2, 0) is 10.4 Å². The third-order valence-electron chi connectivity index (χ3n) is 2.26. The van der Waals surface area contributed by atoms with Gasteiger partial charge in [0.1, 0.15) is 5.75 Å². The summed E-state index contributed by atoms with van der Waals surface area (Å²) >= 11 is 0. The summed E-state index contributed by atoms with van der Waals surface area (Å²) < 4.78 is 35.1. The largest absolute Gasteiger partial charge is 0.716 e. The van der Waals surface area contributed by atoms with Crippen LogP contribution in [-0.4, -0.2) is 13.0 Å². The van der Waals surface area contributed by atoms with Gasteiger partial charge < -0.3 is 8.74 Å². The molecule has 0 radical (unpaired) electrons. The van der Waals surface area contributed by atoms with Crippen molar-refractivity contribution in [2.75, 3.05) is 0 Å². The van der Waals surface area contributed by atoms with E-state index >= 15 is 0 Å². The highest BCUT2D eigenvalue weighted by atomic mass is 32.3. The highest BCUT2D eigenvalue weighted by Crippen LogP contribution is 2.21. The Hall–Kier alpha value is -1.07. The van der Waals surface area contributed by atoms with Gasteiger partial charge in [0.2, 0.25) is 0 Å². The van der Waals surface area contributed by atoms with Crippen LogP contribution < -0.4 is 4.18 Å². The minimum Gasteiger partial charge on any atom is -0.716 e. The van der Waals surface area contributed by atoms with Crippen molar-refractivity contribution in [3.63, 3.8) is 0 Å². The third-order valence-corrected chi connectivity index (χ3v) is 2.66. The average molecular weight is 229 g/mol. The van der Waals surface area contributed by atoms with Gasteiger partial charge in [0.15, 0.2) is 0 Å².